The van der Waals surface area contributed by atoms with Gasteiger partial charge in [0.05, 0.1) is 33.0 Å². The molecular formula is C32H32ClF3N6O2. The number of carbonyl (C=O) groups excluding carboxylic acids is 1. The Morgan fingerprint density at radius 1 is 1.11 bits per heavy atom. The van der Waals surface area contributed by atoms with E-state index in [1.165, 1.54) is 34.9 Å². The number of halogens is 4. The molecular weight excluding hydrogens is 593 g/mol. The minimum absolute atomic E-state index is 0.0318. The average molecular weight is 625 g/mol. The van der Waals surface area contributed by atoms with Gasteiger partial charge in [-0.3, -0.25) is 9.78 Å². The number of aryl methyl sites for hydroxylation is 1. The molecule has 230 valence electrons. The zero-order chi connectivity index (χ0) is 32.1. The van der Waals surface area contributed by atoms with Crippen molar-refractivity contribution in [1.29, 1.82) is 0 Å². The van der Waals surface area contributed by atoms with Crippen molar-refractivity contribution in [2.75, 3.05) is 18.0 Å². The van der Waals surface area contributed by atoms with E-state index in [-0.39, 0.29) is 51.7 Å². The number of alkyl halides is 3. The summed E-state index contributed by atoms with van der Waals surface area (Å²) in [6.07, 6.45) is -1.76. The molecule has 3 aromatic heterocycles. The fourth-order valence-corrected chi connectivity index (χ4v) is 6.04. The molecule has 0 aliphatic carbocycles. The number of carbonyl (C=O) groups is 1. The lowest BCUT2D eigenvalue weighted by Crippen LogP contribution is -2.58. The van der Waals surface area contributed by atoms with Gasteiger partial charge in [0.2, 0.25) is 5.91 Å². The zero-order valence-electron chi connectivity index (χ0n) is 25.0. The Kier molecular flexibility index (Phi) is 8.28. The highest BCUT2D eigenvalue weighted by molar-refractivity contribution is 6.34. The number of hydrogen-bond acceptors (Lipinski definition) is 6. The molecule has 2 atom stereocenters. The lowest BCUT2D eigenvalue weighted by molar-refractivity contribution is -0.137. The number of fused-ring (bicyclic) bond motifs is 1. The summed E-state index contributed by atoms with van der Waals surface area (Å²) < 4.78 is 43.6. The van der Waals surface area contributed by atoms with Crippen molar-refractivity contribution < 1.29 is 18.0 Å². The molecule has 8 nitrogen and oxygen atoms in total. The highest BCUT2D eigenvalue weighted by Gasteiger charge is 2.36. The third-order valence-corrected chi connectivity index (χ3v) is 8.22. The molecule has 0 N–H and O–H groups in total. The van der Waals surface area contributed by atoms with Crippen LogP contribution in [0.15, 0.2) is 60.0 Å². The summed E-state index contributed by atoms with van der Waals surface area (Å²) in [6, 6.07) is 7.81. The van der Waals surface area contributed by atoms with Crippen LogP contribution in [0.2, 0.25) is 5.02 Å². The van der Waals surface area contributed by atoms with Crippen molar-refractivity contribution in [3.8, 4) is 16.9 Å². The topological polar surface area (TPSA) is 84.2 Å². The number of anilines is 1. The van der Waals surface area contributed by atoms with Crippen molar-refractivity contribution in [2.45, 2.75) is 58.8 Å². The van der Waals surface area contributed by atoms with E-state index in [1.54, 1.807) is 17.2 Å². The van der Waals surface area contributed by atoms with Gasteiger partial charge in [-0.2, -0.15) is 18.2 Å². The van der Waals surface area contributed by atoms with Crippen LogP contribution in [0.25, 0.3) is 28.0 Å². The van der Waals surface area contributed by atoms with Gasteiger partial charge >= 0.3 is 11.9 Å². The van der Waals surface area contributed by atoms with Gasteiger partial charge in [-0.25, -0.2) is 14.3 Å². The van der Waals surface area contributed by atoms with Gasteiger partial charge in [0.25, 0.3) is 0 Å². The van der Waals surface area contributed by atoms with Gasteiger partial charge in [-0.1, -0.05) is 50.2 Å². The molecule has 4 heterocycles. The van der Waals surface area contributed by atoms with Crippen molar-refractivity contribution in [1.82, 2.24) is 24.4 Å². The summed E-state index contributed by atoms with van der Waals surface area (Å²) in [4.78, 5) is 43.9. The fourth-order valence-electron chi connectivity index (χ4n) is 5.78. The number of piperazine rings is 1. The van der Waals surface area contributed by atoms with Gasteiger partial charge < -0.3 is 9.80 Å². The van der Waals surface area contributed by atoms with E-state index < -0.39 is 17.4 Å². The molecule has 1 saturated heterocycles. The van der Waals surface area contributed by atoms with Crippen LogP contribution >= 0.6 is 11.6 Å². The van der Waals surface area contributed by atoms with Crippen molar-refractivity contribution >= 4 is 34.4 Å². The Balaban J connectivity index is 1.85. The second-order valence-electron chi connectivity index (χ2n) is 11.3. The van der Waals surface area contributed by atoms with E-state index in [1.807, 2.05) is 39.5 Å². The van der Waals surface area contributed by atoms with E-state index in [4.69, 9.17) is 16.6 Å². The van der Waals surface area contributed by atoms with Gasteiger partial charge in [0.15, 0.2) is 5.65 Å². The Hall–Kier alpha value is -4.25. The van der Waals surface area contributed by atoms with Crippen LogP contribution in [0.3, 0.4) is 0 Å². The van der Waals surface area contributed by atoms with Crippen LogP contribution in [-0.4, -0.2) is 55.5 Å². The fraction of sp³-hybridized carbons (Fsp3) is 0.344. The van der Waals surface area contributed by atoms with Gasteiger partial charge in [0.1, 0.15) is 5.82 Å². The third-order valence-electron chi connectivity index (χ3n) is 7.93. The summed E-state index contributed by atoms with van der Waals surface area (Å²) in [7, 11) is 0. The Labute approximate surface area is 257 Å². The van der Waals surface area contributed by atoms with Crippen LogP contribution in [0.1, 0.15) is 50.4 Å². The summed E-state index contributed by atoms with van der Waals surface area (Å²) in [5.41, 5.74) is -0.0157. The van der Waals surface area contributed by atoms with Crippen molar-refractivity contribution in [3.05, 3.63) is 87.6 Å². The summed E-state index contributed by atoms with van der Waals surface area (Å²) >= 11 is 6.73. The number of hydrogen-bond donors (Lipinski definition) is 0. The SMILES string of the molecule is C=CC(=O)N1CC(C)N(c2nc(=O)n(-c3c(C)ccnc3C(C)C)c3nc(-c4ccccc4C(F)(F)F)c(Cl)cc23)CC1C. The van der Waals surface area contributed by atoms with Gasteiger partial charge in [0, 0.05) is 36.9 Å². The van der Waals surface area contributed by atoms with Crippen LogP contribution in [-0.2, 0) is 11.0 Å². The second-order valence-corrected chi connectivity index (χ2v) is 11.8. The second kappa shape index (κ2) is 11.7. The monoisotopic (exact) mass is 624 g/mol. The third kappa shape index (κ3) is 5.45. The quantitative estimate of drug-likeness (QED) is 0.234. The average Bonchev–Trinajstić information content (AvgIpc) is 2.97. The molecule has 1 aliphatic heterocycles. The Morgan fingerprint density at radius 2 is 1.82 bits per heavy atom. The number of benzene rings is 1. The van der Waals surface area contributed by atoms with Crippen molar-refractivity contribution in [2.24, 2.45) is 0 Å². The first-order chi connectivity index (χ1) is 20.7. The number of pyridine rings is 2. The molecule has 44 heavy (non-hydrogen) atoms. The van der Waals surface area contributed by atoms with E-state index in [9.17, 15) is 22.8 Å². The lowest BCUT2D eigenvalue weighted by Gasteiger charge is -2.44. The van der Waals surface area contributed by atoms with E-state index >= 15 is 0 Å². The summed E-state index contributed by atoms with van der Waals surface area (Å²) in [5.74, 6) is -0.0206. The largest absolute Gasteiger partial charge is 0.417 e. The zero-order valence-corrected chi connectivity index (χ0v) is 25.7. The minimum atomic E-state index is -4.67. The lowest BCUT2D eigenvalue weighted by atomic mass is 10.0. The standard InChI is InChI=1S/C32H32ClF3N6O2/c1-7-25(43)40-15-20(6)41(16-19(40)5)29-22-14-24(33)27(21-10-8-9-11-23(21)32(34,35)36)38-30(22)42(31(44)39-29)28-18(4)12-13-37-26(28)17(2)3/h7-14,17,19-20H,1,15-16H2,2-6H3. The maximum atomic E-state index is 14.1. The van der Waals surface area contributed by atoms with Crippen LogP contribution < -0.4 is 10.6 Å². The first kappa shape index (κ1) is 31.2. The van der Waals surface area contributed by atoms with Crippen LogP contribution in [0, 0.1) is 6.92 Å². The normalized spacial score (nSPS) is 17.4. The number of nitrogens with zero attached hydrogens (tertiary/aromatic N) is 6. The molecule has 1 amide bonds. The highest BCUT2D eigenvalue weighted by atomic mass is 35.5. The maximum absolute atomic E-state index is 14.1. The molecule has 1 aromatic carbocycles. The smallest absolute Gasteiger partial charge is 0.349 e. The number of aromatic nitrogens is 4. The molecule has 5 rings (SSSR count). The Morgan fingerprint density at radius 3 is 2.48 bits per heavy atom. The first-order valence-electron chi connectivity index (χ1n) is 14.2. The molecule has 4 aromatic rings. The number of rotatable bonds is 5. The molecule has 1 aliphatic rings. The van der Waals surface area contributed by atoms with Crippen LogP contribution in [0.4, 0.5) is 19.0 Å². The first-order valence-corrected chi connectivity index (χ1v) is 14.6. The molecule has 1 fully saturated rings. The summed E-state index contributed by atoms with van der Waals surface area (Å²) in [5, 5.41) is 0.346. The predicted molar refractivity (Wildman–Crippen MR) is 165 cm³/mol. The molecule has 2 unspecified atom stereocenters. The number of amides is 1. The van der Waals surface area contributed by atoms with Crippen LogP contribution in [0.5, 0.6) is 0 Å². The van der Waals surface area contributed by atoms with Crippen molar-refractivity contribution in [3.63, 3.8) is 0 Å². The molecule has 0 bridgehead atoms. The molecule has 0 radical (unpaired) electrons. The predicted octanol–water partition coefficient (Wildman–Crippen LogP) is 6.56. The highest BCUT2D eigenvalue weighted by Crippen LogP contribution is 2.41. The van der Waals surface area contributed by atoms with Gasteiger partial charge in [-0.05, 0) is 56.5 Å². The van der Waals surface area contributed by atoms with E-state index in [2.05, 4.69) is 16.5 Å². The van der Waals surface area contributed by atoms with E-state index in [0.29, 0.717) is 35.4 Å². The molecule has 12 heteroatoms. The van der Waals surface area contributed by atoms with E-state index in [0.717, 1.165) is 6.07 Å². The summed E-state index contributed by atoms with van der Waals surface area (Å²) in [6.45, 7) is 13.8. The van der Waals surface area contributed by atoms with Gasteiger partial charge in [-0.15, -0.1) is 0 Å². The minimum Gasteiger partial charge on any atom is -0.349 e. The molecule has 0 spiro atoms. The molecule has 0 saturated carbocycles. The maximum Gasteiger partial charge on any atom is 0.417 e. The Bertz CT molecular complexity index is 1840.